The minimum Gasteiger partial charge on any atom is -0.462 e. The third-order valence-electron chi connectivity index (χ3n) is 11.5. The van der Waals surface area contributed by atoms with Crippen LogP contribution in [0.1, 0.15) is 284 Å². The molecule has 0 aromatic rings. The van der Waals surface area contributed by atoms with Gasteiger partial charge >= 0.3 is 17.9 Å². The van der Waals surface area contributed by atoms with E-state index in [0.29, 0.717) is 19.3 Å². The van der Waals surface area contributed by atoms with Crippen molar-refractivity contribution in [1.29, 1.82) is 0 Å². The van der Waals surface area contributed by atoms with E-state index in [1.165, 1.54) is 193 Å². The maximum Gasteiger partial charge on any atom is 0.306 e. The van der Waals surface area contributed by atoms with Crippen LogP contribution in [0, 0.1) is 0 Å². The van der Waals surface area contributed by atoms with E-state index in [1.807, 2.05) is 0 Å². The highest BCUT2D eigenvalue weighted by Crippen LogP contribution is 2.16. The van der Waals surface area contributed by atoms with Gasteiger partial charge in [0.1, 0.15) is 13.2 Å². The minimum atomic E-state index is -0.777. The van der Waals surface area contributed by atoms with Gasteiger partial charge < -0.3 is 14.2 Å². The Morgan fingerprint density at radius 2 is 0.603 bits per heavy atom. The third-order valence-corrected chi connectivity index (χ3v) is 11.5. The first kappa shape index (κ1) is 56.1. The smallest absolute Gasteiger partial charge is 0.306 e. The van der Waals surface area contributed by atoms with Gasteiger partial charge in [0.2, 0.25) is 0 Å². The average Bonchev–Trinajstić information content (AvgIpc) is 3.22. The summed E-state index contributed by atoms with van der Waals surface area (Å²) in [6.07, 6.45) is 52.0. The summed E-state index contributed by atoms with van der Waals surface area (Å²) in [4.78, 5) is 37.9. The molecule has 0 radical (unpaired) electrons. The van der Waals surface area contributed by atoms with Crippen molar-refractivity contribution in [2.75, 3.05) is 13.2 Å². The fourth-order valence-corrected chi connectivity index (χ4v) is 7.64. The van der Waals surface area contributed by atoms with Crippen LogP contribution >= 0.6 is 0 Å². The van der Waals surface area contributed by atoms with E-state index in [1.54, 1.807) is 0 Å². The Morgan fingerprint density at radius 1 is 0.328 bits per heavy atom. The first-order valence-electron chi connectivity index (χ1n) is 25.7. The zero-order valence-corrected chi connectivity index (χ0v) is 39.1. The molecular formula is C52H98O6. The Morgan fingerprint density at radius 3 is 0.966 bits per heavy atom. The van der Waals surface area contributed by atoms with Crippen LogP contribution in [0.5, 0.6) is 0 Å². The van der Waals surface area contributed by atoms with Crippen molar-refractivity contribution in [3.05, 3.63) is 12.2 Å². The van der Waals surface area contributed by atoms with Crippen LogP contribution in [0.25, 0.3) is 0 Å². The molecule has 0 bridgehead atoms. The highest BCUT2D eigenvalue weighted by Gasteiger charge is 2.19. The van der Waals surface area contributed by atoms with Crippen LogP contribution in [0.4, 0.5) is 0 Å². The predicted octanol–water partition coefficient (Wildman–Crippen LogP) is 16.6. The Hall–Kier alpha value is -1.85. The molecule has 0 fully saturated rings. The van der Waals surface area contributed by atoms with Gasteiger partial charge in [0, 0.05) is 19.3 Å². The molecule has 0 N–H and O–H groups in total. The summed E-state index contributed by atoms with van der Waals surface area (Å²) in [5.41, 5.74) is 0. The molecule has 1 atom stereocenters. The van der Waals surface area contributed by atoms with Gasteiger partial charge in [0.15, 0.2) is 6.10 Å². The van der Waals surface area contributed by atoms with Gasteiger partial charge in [-0.1, -0.05) is 245 Å². The summed E-state index contributed by atoms with van der Waals surface area (Å²) in [5, 5.41) is 0. The second-order valence-electron chi connectivity index (χ2n) is 17.4. The highest BCUT2D eigenvalue weighted by molar-refractivity contribution is 5.71. The summed E-state index contributed by atoms with van der Waals surface area (Å²) in [7, 11) is 0. The van der Waals surface area contributed by atoms with E-state index in [-0.39, 0.29) is 37.5 Å². The van der Waals surface area contributed by atoms with Gasteiger partial charge in [0.25, 0.3) is 0 Å². The predicted molar refractivity (Wildman–Crippen MR) is 247 cm³/mol. The zero-order chi connectivity index (χ0) is 42.3. The van der Waals surface area contributed by atoms with Crippen LogP contribution < -0.4 is 0 Å². The van der Waals surface area contributed by atoms with Gasteiger partial charge in [0.05, 0.1) is 0 Å². The molecule has 6 heteroatoms. The molecule has 1 unspecified atom stereocenters. The van der Waals surface area contributed by atoms with Crippen molar-refractivity contribution in [3.8, 4) is 0 Å². The van der Waals surface area contributed by atoms with E-state index in [2.05, 4.69) is 32.9 Å². The van der Waals surface area contributed by atoms with Crippen molar-refractivity contribution in [1.82, 2.24) is 0 Å². The number of carbonyl (C=O) groups is 3. The standard InChI is InChI=1S/C52H98O6/c1-4-7-10-13-16-19-22-25-26-28-30-33-36-39-42-45-51(54)57-48-49(47-56-50(53)44-41-38-35-32-29-24-21-18-15-12-9-6-3)58-52(55)46-43-40-37-34-31-27-23-20-17-14-11-8-5-2/h36,39,49H,4-35,37-38,40-48H2,1-3H3. The summed E-state index contributed by atoms with van der Waals surface area (Å²) in [6.45, 7) is 6.63. The van der Waals surface area contributed by atoms with Crippen molar-refractivity contribution in [2.24, 2.45) is 0 Å². The number of carbonyl (C=O) groups excluding carboxylic acids is 3. The molecular weight excluding hydrogens is 721 g/mol. The lowest BCUT2D eigenvalue weighted by atomic mass is 10.0. The van der Waals surface area contributed by atoms with E-state index < -0.39 is 6.10 Å². The zero-order valence-electron chi connectivity index (χ0n) is 39.1. The summed E-state index contributed by atoms with van der Waals surface area (Å²) < 4.78 is 16.7. The monoisotopic (exact) mass is 819 g/mol. The summed E-state index contributed by atoms with van der Waals surface area (Å²) in [5.74, 6) is -0.912. The average molecular weight is 819 g/mol. The van der Waals surface area contributed by atoms with Crippen LogP contribution in [-0.4, -0.2) is 37.2 Å². The molecule has 342 valence electrons. The normalized spacial score (nSPS) is 12.0. The summed E-state index contributed by atoms with van der Waals surface area (Å²) in [6, 6.07) is 0. The fraction of sp³-hybridized carbons (Fsp3) is 0.904. The Labute approximate surface area is 360 Å². The Kier molecular flexibility index (Phi) is 46.3. The van der Waals surface area contributed by atoms with Gasteiger partial charge in [-0.2, -0.15) is 0 Å². The molecule has 0 heterocycles. The fourth-order valence-electron chi connectivity index (χ4n) is 7.64. The number of rotatable bonds is 47. The molecule has 0 aliphatic rings. The number of hydrogen-bond acceptors (Lipinski definition) is 6. The van der Waals surface area contributed by atoms with Crippen LogP contribution in [-0.2, 0) is 28.6 Å². The maximum atomic E-state index is 12.8. The van der Waals surface area contributed by atoms with E-state index in [4.69, 9.17) is 14.2 Å². The molecule has 0 saturated carbocycles. The van der Waals surface area contributed by atoms with E-state index in [0.717, 1.165) is 44.9 Å². The van der Waals surface area contributed by atoms with Crippen molar-refractivity contribution in [2.45, 2.75) is 290 Å². The quantitative estimate of drug-likeness (QED) is 0.0263. The van der Waals surface area contributed by atoms with Crippen molar-refractivity contribution < 1.29 is 28.6 Å². The third kappa shape index (κ3) is 45.2. The van der Waals surface area contributed by atoms with Gasteiger partial charge in [-0.25, -0.2) is 0 Å². The molecule has 0 spiro atoms. The van der Waals surface area contributed by atoms with E-state index >= 15 is 0 Å². The Bertz CT molecular complexity index is 900. The second kappa shape index (κ2) is 47.8. The molecule has 0 saturated heterocycles. The second-order valence-corrected chi connectivity index (χ2v) is 17.4. The van der Waals surface area contributed by atoms with Crippen LogP contribution in [0.2, 0.25) is 0 Å². The van der Waals surface area contributed by atoms with Crippen molar-refractivity contribution in [3.63, 3.8) is 0 Å². The lowest BCUT2D eigenvalue weighted by Crippen LogP contribution is -2.30. The van der Waals surface area contributed by atoms with Gasteiger partial charge in [-0.15, -0.1) is 0 Å². The topological polar surface area (TPSA) is 78.9 Å². The molecule has 6 nitrogen and oxygen atoms in total. The summed E-state index contributed by atoms with van der Waals surface area (Å²) >= 11 is 0. The molecule has 0 aromatic heterocycles. The number of ether oxygens (including phenoxy) is 3. The number of allylic oxidation sites excluding steroid dienone is 2. The maximum absolute atomic E-state index is 12.8. The highest BCUT2D eigenvalue weighted by atomic mass is 16.6. The number of hydrogen-bond donors (Lipinski definition) is 0. The molecule has 0 rings (SSSR count). The first-order chi connectivity index (χ1) is 28.5. The van der Waals surface area contributed by atoms with Crippen LogP contribution in [0.3, 0.4) is 0 Å². The SMILES string of the molecule is CCCCCCCCCCCCCC=CCCC(=O)OCC(COC(=O)CCCCCCCCCCCCCC)OC(=O)CCCCCCCCCCCCCCC. The Balaban J connectivity index is 4.35. The van der Waals surface area contributed by atoms with Crippen molar-refractivity contribution >= 4 is 17.9 Å². The lowest BCUT2D eigenvalue weighted by molar-refractivity contribution is -0.166. The first-order valence-corrected chi connectivity index (χ1v) is 25.7. The van der Waals surface area contributed by atoms with Gasteiger partial charge in [-0.05, 0) is 32.1 Å². The number of esters is 3. The molecule has 58 heavy (non-hydrogen) atoms. The molecule has 0 aromatic carbocycles. The molecule has 0 aliphatic heterocycles. The molecule has 0 amide bonds. The van der Waals surface area contributed by atoms with Gasteiger partial charge in [-0.3, -0.25) is 14.4 Å². The largest absolute Gasteiger partial charge is 0.462 e. The van der Waals surface area contributed by atoms with Crippen LogP contribution in [0.15, 0.2) is 12.2 Å². The molecule has 0 aliphatic carbocycles. The lowest BCUT2D eigenvalue weighted by Gasteiger charge is -2.18. The van der Waals surface area contributed by atoms with E-state index in [9.17, 15) is 14.4 Å². The number of unbranched alkanes of at least 4 members (excludes halogenated alkanes) is 34. The minimum absolute atomic E-state index is 0.0758.